The summed E-state index contributed by atoms with van der Waals surface area (Å²) in [5.41, 5.74) is 6.51. The second kappa shape index (κ2) is 6.49. The van der Waals surface area contributed by atoms with Crippen molar-refractivity contribution in [3.05, 3.63) is 47.7 Å². The van der Waals surface area contributed by atoms with E-state index < -0.39 is 21.6 Å². The molecule has 0 spiro atoms. The summed E-state index contributed by atoms with van der Waals surface area (Å²) in [5, 5.41) is 0. The first-order valence-electron chi connectivity index (χ1n) is 5.76. The lowest BCUT2D eigenvalue weighted by Gasteiger charge is -2.16. The molecule has 0 aliphatic heterocycles. The van der Waals surface area contributed by atoms with Gasteiger partial charge in [-0.3, -0.25) is 4.79 Å². The summed E-state index contributed by atoms with van der Waals surface area (Å²) in [5.74, 6) is -1.08. The quantitative estimate of drug-likeness (QED) is 0.785. The number of sulfonamides is 1. The van der Waals surface area contributed by atoms with E-state index in [4.69, 9.17) is 5.73 Å². The van der Waals surface area contributed by atoms with Gasteiger partial charge in [-0.2, -0.15) is 0 Å². The smallest absolute Gasteiger partial charge is 0.221 e. The molecule has 1 aromatic carbocycles. The van der Waals surface area contributed by atoms with Crippen LogP contribution in [0.15, 0.2) is 42.1 Å². The Morgan fingerprint density at radius 1 is 1.32 bits per heavy atom. The van der Waals surface area contributed by atoms with Crippen molar-refractivity contribution in [2.75, 3.05) is 12.8 Å². The number of ketones is 1. The van der Waals surface area contributed by atoms with Gasteiger partial charge in [-0.25, -0.2) is 12.7 Å². The maximum absolute atomic E-state index is 12.0. The number of benzene rings is 1. The van der Waals surface area contributed by atoms with Crippen molar-refractivity contribution in [2.45, 2.75) is 13.5 Å². The van der Waals surface area contributed by atoms with Gasteiger partial charge in [0.05, 0.1) is 0 Å². The van der Waals surface area contributed by atoms with E-state index >= 15 is 0 Å². The summed E-state index contributed by atoms with van der Waals surface area (Å²) in [7, 11) is -2.17. The summed E-state index contributed by atoms with van der Waals surface area (Å²) >= 11 is 0. The topological polar surface area (TPSA) is 80.5 Å². The number of rotatable bonds is 6. The summed E-state index contributed by atoms with van der Waals surface area (Å²) in [6, 6.07) is 9.19. The second-order valence-corrected chi connectivity index (χ2v) is 6.43. The van der Waals surface area contributed by atoms with Crippen molar-refractivity contribution in [3.8, 4) is 0 Å². The maximum atomic E-state index is 12.0. The minimum atomic E-state index is -3.62. The third-order valence-corrected chi connectivity index (χ3v) is 4.16. The Morgan fingerprint density at radius 3 is 2.42 bits per heavy atom. The van der Waals surface area contributed by atoms with Gasteiger partial charge in [0.1, 0.15) is 5.75 Å². The minimum Gasteiger partial charge on any atom is -0.402 e. The van der Waals surface area contributed by atoms with E-state index in [0.717, 1.165) is 11.6 Å². The summed E-state index contributed by atoms with van der Waals surface area (Å²) in [6.45, 7) is 1.78. The van der Waals surface area contributed by atoms with E-state index in [1.807, 2.05) is 30.3 Å². The SMILES string of the molecule is CC(N)=CC(=O)CS(=O)(=O)N(C)Cc1ccccc1. The van der Waals surface area contributed by atoms with Gasteiger partial charge in [-0.1, -0.05) is 30.3 Å². The van der Waals surface area contributed by atoms with Crippen LogP contribution in [0.2, 0.25) is 0 Å². The van der Waals surface area contributed by atoms with E-state index in [2.05, 4.69) is 0 Å². The Hall–Kier alpha value is -1.66. The molecule has 0 bridgehead atoms. The molecule has 2 N–H and O–H groups in total. The van der Waals surface area contributed by atoms with Crippen LogP contribution in [0.25, 0.3) is 0 Å². The normalized spacial score (nSPS) is 12.7. The standard InChI is InChI=1S/C13H18N2O3S/c1-11(14)8-13(16)10-19(17,18)15(2)9-12-6-4-3-5-7-12/h3-8H,9-10,14H2,1-2H3. The molecule has 5 nitrogen and oxygen atoms in total. The lowest BCUT2D eigenvalue weighted by atomic mass is 10.2. The molecule has 1 rings (SSSR count). The molecule has 0 aliphatic rings. The van der Waals surface area contributed by atoms with E-state index in [-0.39, 0.29) is 6.54 Å². The monoisotopic (exact) mass is 282 g/mol. The van der Waals surface area contributed by atoms with Crippen molar-refractivity contribution < 1.29 is 13.2 Å². The van der Waals surface area contributed by atoms with E-state index in [1.54, 1.807) is 0 Å². The van der Waals surface area contributed by atoms with Crippen LogP contribution in [0.1, 0.15) is 12.5 Å². The first kappa shape index (κ1) is 15.4. The van der Waals surface area contributed by atoms with Crippen LogP contribution in [0.4, 0.5) is 0 Å². The van der Waals surface area contributed by atoms with Crippen molar-refractivity contribution >= 4 is 15.8 Å². The lowest BCUT2D eigenvalue weighted by Crippen LogP contribution is -2.31. The van der Waals surface area contributed by atoms with Gasteiger partial charge in [-0.05, 0) is 12.5 Å². The van der Waals surface area contributed by atoms with Gasteiger partial charge < -0.3 is 5.73 Å². The van der Waals surface area contributed by atoms with Gasteiger partial charge >= 0.3 is 0 Å². The third kappa shape index (κ3) is 5.23. The van der Waals surface area contributed by atoms with Crippen LogP contribution in [0.3, 0.4) is 0 Å². The minimum absolute atomic E-state index is 0.238. The molecule has 0 aliphatic carbocycles. The highest BCUT2D eigenvalue weighted by Gasteiger charge is 2.21. The van der Waals surface area contributed by atoms with Crippen molar-refractivity contribution in [1.29, 1.82) is 0 Å². The summed E-state index contributed by atoms with van der Waals surface area (Å²) < 4.78 is 25.1. The van der Waals surface area contributed by atoms with Crippen molar-refractivity contribution in [2.24, 2.45) is 5.73 Å². The van der Waals surface area contributed by atoms with Crippen LogP contribution in [0, 0.1) is 0 Å². The molecule has 104 valence electrons. The molecule has 0 heterocycles. The zero-order valence-corrected chi connectivity index (χ0v) is 11.9. The Bertz CT molecular complexity index is 561. The first-order valence-corrected chi connectivity index (χ1v) is 7.37. The average Bonchev–Trinajstić information content (AvgIpc) is 2.28. The lowest BCUT2D eigenvalue weighted by molar-refractivity contribution is -0.112. The van der Waals surface area contributed by atoms with Gasteiger partial charge in [0.25, 0.3) is 0 Å². The fourth-order valence-electron chi connectivity index (χ4n) is 1.52. The molecule has 0 radical (unpaired) electrons. The molecular formula is C13H18N2O3S. The van der Waals surface area contributed by atoms with Crippen LogP contribution < -0.4 is 5.73 Å². The van der Waals surface area contributed by atoms with Gasteiger partial charge in [0.15, 0.2) is 5.78 Å². The Labute approximate surface area is 113 Å². The highest BCUT2D eigenvalue weighted by atomic mass is 32.2. The molecule has 6 heteroatoms. The molecule has 0 aromatic heterocycles. The summed E-state index contributed by atoms with van der Waals surface area (Å²) in [6.07, 6.45) is 1.13. The highest BCUT2D eigenvalue weighted by Crippen LogP contribution is 2.07. The van der Waals surface area contributed by atoms with Crippen LogP contribution in [-0.2, 0) is 21.4 Å². The molecule has 0 saturated heterocycles. The molecule has 0 saturated carbocycles. The van der Waals surface area contributed by atoms with Crippen LogP contribution in [-0.4, -0.2) is 31.3 Å². The number of carbonyl (C=O) groups excluding carboxylic acids is 1. The predicted molar refractivity (Wildman–Crippen MR) is 74.6 cm³/mol. The molecular weight excluding hydrogens is 264 g/mol. The predicted octanol–water partition coefficient (Wildman–Crippen LogP) is 0.880. The maximum Gasteiger partial charge on any atom is 0.221 e. The van der Waals surface area contributed by atoms with E-state index in [0.29, 0.717) is 5.70 Å². The van der Waals surface area contributed by atoms with Crippen molar-refractivity contribution in [3.63, 3.8) is 0 Å². The Balaban J connectivity index is 2.72. The molecule has 0 amide bonds. The van der Waals surface area contributed by atoms with Crippen LogP contribution >= 0.6 is 0 Å². The van der Waals surface area contributed by atoms with E-state index in [1.165, 1.54) is 18.3 Å². The highest BCUT2D eigenvalue weighted by molar-refractivity contribution is 7.89. The number of nitrogens with zero attached hydrogens (tertiary/aromatic N) is 1. The number of nitrogens with two attached hydrogens (primary N) is 1. The fraction of sp³-hybridized carbons (Fsp3) is 0.308. The van der Waals surface area contributed by atoms with E-state index in [9.17, 15) is 13.2 Å². The number of hydrogen-bond donors (Lipinski definition) is 1. The first-order chi connectivity index (χ1) is 8.81. The van der Waals surface area contributed by atoms with Crippen molar-refractivity contribution in [1.82, 2.24) is 4.31 Å². The third-order valence-electron chi connectivity index (χ3n) is 2.44. The van der Waals surface area contributed by atoms with Crippen LogP contribution in [0.5, 0.6) is 0 Å². The van der Waals surface area contributed by atoms with Gasteiger partial charge in [0.2, 0.25) is 10.0 Å². The zero-order chi connectivity index (χ0) is 14.5. The average molecular weight is 282 g/mol. The fourth-order valence-corrected chi connectivity index (χ4v) is 2.53. The molecule has 0 unspecified atom stereocenters. The molecule has 0 atom stereocenters. The molecule has 19 heavy (non-hydrogen) atoms. The van der Waals surface area contributed by atoms with Gasteiger partial charge in [-0.15, -0.1) is 0 Å². The Morgan fingerprint density at radius 2 is 1.89 bits per heavy atom. The Kier molecular flexibility index (Phi) is 5.26. The number of carbonyl (C=O) groups is 1. The molecule has 0 fully saturated rings. The summed E-state index contributed by atoms with van der Waals surface area (Å²) in [4.78, 5) is 11.5. The second-order valence-electron chi connectivity index (χ2n) is 4.35. The molecule has 1 aromatic rings. The largest absolute Gasteiger partial charge is 0.402 e. The zero-order valence-electron chi connectivity index (χ0n) is 11.0. The number of hydrogen-bond acceptors (Lipinski definition) is 4. The van der Waals surface area contributed by atoms with Gasteiger partial charge in [0, 0.05) is 25.4 Å². The number of allylic oxidation sites excluding steroid dienone is 2.